The molecule has 0 spiro atoms. The third-order valence-corrected chi connectivity index (χ3v) is 4.07. The molecule has 0 radical (unpaired) electrons. The predicted octanol–water partition coefficient (Wildman–Crippen LogP) is 1.63. The molecule has 1 aromatic carbocycles. The van der Waals surface area contributed by atoms with Crippen LogP contribution >= 0.6 is 0 Å². The van der Waals surface area contributed by atoms with Crippen molar-refractivity contribution in [2.75, 3.05) is 39.8 Å². The standard InChI is InChI=1S/C17H22F3N3O4/c1-22(11-15(24)25)9-14-10-23(6-7-27-14)16(26)21-8-12-2-4-13(5-3-12)17(18,19)20/h2-5,14H,6-11H2,1H3,(H,21,26)(H,24,25). The van der Waals surface area contributed by atoms with Gasteiger partial charge in [0.25, 0.3) is 0 Å². The number of halogens is 3. The maximum atomic E-state index is 12.5. The zero-order chi connectivity index (χ0) is 20.0. The fourth-order valence-corrected chi connectivity index (χ4v) is 2.76. The van der Waals surface area contributed by atoms with E-state index in [0.717, 1.165) is 12.1 Å². The van der Waals surface area contributed by atoms with Gasteiger partial charge in [0, 0.05) is 26.2 Å². The summed E-state index contributed by atoms with van der Waals surface area (Å²) in [6.07, 6.45) is -4.70. The minimum Gasteiger partial charge on any atom is -0.480 e. The number of carboxylic acid groups (broad SMARTS) is 1. The van der Waals surface area contributed by atoms with Gasteiger partial charge in [-0.3, -0.25) is 9.69 Å². The van der Waals surface area contributed by atoms with Gasteiger partial charge >= 0.3 is 18.2 Å². The number of carbonyl (C=O) groups is 2. The molecule has 0 bridgehead atoms. The number of amides is 2. The number of morpholine rings is 1. The Morgan fingerprint density at radius 2 is 2.00 bits per heavy atom. The van der Waals surface area contributed by atoms with Gasteiger partial charge in [0.15, 0.2) is 0 Å². The van der Waals surface area contributed by atoms with Gasteiger partial charge in [0.2, 0.25) is 0 Å². The highest BCUT2D eigenvalue weighted by atomic mass is 19.4. The van der Waals surface area contributed by atoms with E-state index in [2.05, 4.69) is 5.32 Å². The smallest absolute Gasteiger partial charge is 0.416 e. The second kappa shape index (κ2) is 9.05. The van der Waals surface area contributed by atoms with Crippen LogP contribution in [0.1, 0.15) is 11.1 Å². The minimum absolute atomic E-state index is 0.109. The van der Waals surface area contributed by atoms with E-state index in [9.17, 15) is 22.8 Å². The highest BCUT2D eigenvalue weighted by Gasteiger charge is 2.30. The van der Waals surface area contributed by atoms with Crippen LogP contribution in [0, 0.1) is 0 Å². The molecule has 1 saturated heterocycles. The lowest BCUT2D eigenvalue weighted by Crippen LogP contribution is -2.52. The number of ether oxygens (including phenoxy) is 1. The predicted molar refractivity (Wildman–Crippen MR) is 90.1 cm³/mol. The summed E-state index contributed by atoms with van der Waals surface area (Å²) in [6, 6.07) is 4.26. The number of alkyl halides is 3. The number of benzene rings is 1. The lowest BCUT2D eigenvalue weighted by Gasteiger charge is -2.34. The van der Waals surface area contributed by atoms with Crippen LogP contribution < -0.4 is 5.32 Å². The summed E-state index contributed by atoms with van der Waals surface area (Å²) in [4.78, 5) is 26.1. The van der Waals surface area contributed by atoms with E-state index in [1.807, 2.05) is 0 Å². The van der Waals surface area contributed by atoms with Gasteiger partial charge < -0.3 is 20.1 Å². The zero-order valence-electron chi connectivity index (χ0n) is 14.8. The number of hydrogen-bond donors (Lipinski definition) is 2. The summed E-state index contributed by atoms with van der Waals surface area (Å²) < 4.78 is 43.2. The molecular weight excluding hydrogens is 367 g/mol. The molecule has 1 aromatic rings. The van der Waals surface area contributed by atoms with Gasteiger partial charge in [0.1, 0.15) is 0 Å². The van der Waals surface area contributed by atoms with Crippen LogP contribution in [0.4, 0.5) is 18.0 Å². The Balaban J connectivity index is 1.82. The van der Waals surface area contributed by atoms with Gasteiger partial charge in [-0.1, -0.05) is 12.1 Å². The molecule has 10 heteroatoms. The van der Waals surface area contributed by atoms with Crippen molar-refractivity contribution in [3.05, 3.63) is 35.4 Å². The molecule has 2 N–H and O–H groups in total. The van der Waals surface area contributed by atoms with Gasteiger partial charge in [-0.05, 0) is 24.7 Å². The number of nitrogens with one attached hydrogen (secondary N) is 1. The Labute approximate surface area is 154 Å². The molecular formula is C17H22F3N3O4. The van der Waals surface area contributed by atoms with Crippen molar-refractivity contribution in [2.24, 2.45) is 0 Å². The van der Waals surface area contributed by atoms with E-state index >= 15 is 0 Å². The first-order chi connectivity index (χ1) is 12.6. The number of rotatable bonds is 6. The summed E-state index contributed by atoms with van der Waals surface area (Å²) in [5.41, 5.74) is -0.179. The van der Waals surface area contributed by atoms with Gasteiger partial charge in [-0.2, -0.15) is 13.2 Å². The maximum absolute atomic E-state index is 12.5. The molecule has 2 amide bonds. The highest BCUT2D eigenvalue weighted by Crippen LogP contribution is 2.29. The van der Waals surface area contributed by atoms with Crippen molar-refractivity contribution < 1.29 is 32.6 Å². The van der Waals surface area contributed by atoms with Crippen LogP contribution in [0.25, 0.3) is 0 Å². The highest BCUT2D eigenvalue weighted by molar-refractivity contribution is 5.74. The van der Waals surface area contributed by atoms with E-state index in [1.54, 1.807) is 16.8 Å². The number of hydrogen-bond acceptors (Lipinski definition) is 4. The molecule has 1 atom stereocenters. The third kappa shape index (κ3) is 6.72. The Morgan fingerprint density at radius 1 is 1.33 bits per heavy atom. The lowest BCUT2D eigenvalue weighted by atomic mass is 10.1. The fraction of sp³-hybridized carbons (Fsp3) is 0.529. The molecule has 0 aliphatic carbocycles. The first-order valence-corrected chi connectivity index (χ1v) is 8.36. The number of carbonyl (C=O) groups excluding carboxylic acids is 1. The van der Waals surface area contributed by atoms with Crippen LogP contribution in [0.5, 0.6) is 0 Å². The molecule has 0 saturated carbocycles. The van der Waals surface area contributed by atoms with E-state index < -0.39 is 17.7 Å². The molecule has 7 nitrogen and oxygen atoms in total. The van der Waals surface area contributed by atoms with Crippen LogP contribution in [-0.2, 0) is 22.3 Å². The van der Waals surface area contributed by atoms with Crippen molar-refractivity contribution >= 4 is 12.0 Å². The Morgan fingerprint density at radius 3 is 2.59 bits per heavy atom. The van der Waals surface area contributed by atoms with Crippen molar-refractivity contribution in [3.63, 3.8) is 0 Å². The van der Waals surface area contributed by atoms with E-state index in [-0.39, 0.29) is 25.2 Å². The first kappa shape index (κ1) is 21.0. The molecule has 0 aromatic heterocycles. The molecule has 1 aliphatic rings. The van der Waals surface area contributed by atoms with E-state index in [1.165, 1.54) is 12.1 Å². The van der Waals surface area contributed by atoms with Gasteiger partial charge in [0.05, 0.1) is 24.8 Å². The van der Waals surface area contributed by atoms with Crippen LogP contribution in [0.15, 0.2) is 24.3 Å². The average molecular weight is 389 g/mol. The molecule has 1 fully saturated rings. The molecule has 2 rings (SSSR count). The van der Waals surface area contributed by atoms with Gasteiger partial charge in [-0.15, -0.1) is 0 Å². The molecule has 1 unspecified atom stereocenters. The fourth-order valence-electron chi connectivity index (χ4n) is 2.76. The second-order valence-electron chi connectivity index (χ2n) is 6.38. The summed E-state index contributed by atoms with van der Waals surface area (Å²) in [6.45, 7) is 1.38. The van der Waals surface area contributed by atoms with Crippen molar-refractivity contribution in [3.8, 4) is 0 Å². The second-order valence-corrected chi connectivity index (χ2v) is 6.38. The van der Waals surface area contributed by atoms with E-state index in [0.29, 0.717) is 31.8 Å². The molecule has 1 aliphatic heterocycles. The molecule has 27 heavy (non-hydrogen) atoms. The van der Waals surface area contributed by atoms with Crippen LogP contribution in [0.3, 0.4) is 0 Å². The normalized spacial score (nSPS) is 17.8. The Hall–Kier alpha value is -2.33. The molecule has 150 valence electrons. The number of urea groups is 1. The van der Waals surface area contributed by atoms with Gasteiger partial charge in [-0.25, -0.2) is 4.79 Å². The average Bonchev–Trinajstić information content (AvgIpc) is 2.58. The SMILES string of the molecule is CN(CC(=O)O)CC1CN(C(=O)NCc2ccc(C(F)(F)F)cc2)CCO1. The third-order valence-electron chi connectivity index (χ3n) is 4.07. The van der Waals surface area contributed by atoms with Crippen molar-refractivity contribution in [1.82, 2.24) is 15.1 Å². The van der Waals surface area contributed by atoms with E-state index in [4.69, 9.17) is 9.84 Å². The minimum atomic E-state index is -4.39. The van der Waals surface area contributed by atoms with Crippen molar-refractivity contribution in [2.45, 2.75) is 18.8 Å². The summed E-state index contributed by atoms with van der Waals surface area (Å²) in [7, 11) is 1.65. The summed E-state index contributed by atoms with van der Waals surface area (Å²) >= 11 is 0. The van der Waals surface area contributed by atoms with Crippen LogP contribution in [0.2, 0.25) is 0 Å². The topological polar surface area (TPSA) is 82.1 Å². The summed E-state index contributed by atoms with van der Waals surface area (Å²) in [5.74, 6) is -0.945. The van der Waals surface area contributed by atoms with Crippen LogP contribution in [-0.4, -0.2) is 72.8 Å². The largest absolute Gasteiger partial charge is 0.480 e. The number of carboxylic acids is 1. The maximum Gasteiger partial charge on any atom is 0.416 e. The van der Waals surface area contributed by atoms with Crippen molar-refractivity contribution in [1.29, 1.82) is 0 Å². The monoisotopic (exact) mass is 389 g/mol. The number of aliphatic carboxylic acids is 1. The quantitative estimate of drug-likeness (QED) is 0.773. The number of nitrogens with zero attached hydrogens (tertiary/aromatic N) is 2. The summed E-state index contributed by atoms with van der Waals surface area (Å²) in [5, 5.41) is 11.4. The Kier molecular flexibility index (Phi) is 7.03. The zero-order valence-corrected chi connectivity index (χ0v) is 14.8. The first-order valence-electron chi connectivity index (χ1n) is 8.36. The lowest BCUT2D eigenvalue weighted by molar-refractivity contribution is -0.139. The Bertz CT molecular complexity index is 652. The molecule has 1 heterocycles. The number of likely N-dealkylation sites (N-methyl/N-ethyl adjacent to an activating group) is 1.